The van der Waals surface area contributed by atoms with Crippen LogP contribution in [0.25, 0.3) is 0 Å². The van der Waals surface area contributed by atoms with E-state index in [0.717, 1.165) is 34.2 Å². The summed E-state index contributed by atoms with van der Waals surface area (Å²) < 4.78 is 0. The fourth-order valence-electron chi connectivity index (χ4n) is 3.25. The molecule has 158 valence electrons. The van der Waals surface area contributed by atoms with Crippen LogP contribution in [0.15, 0.2) is 64.6 Å². The summed E-state index contributed by atoms with van der Waals surface area (Å²) in [6.45, 7) is 12.4. The van der Waals surface area contributed by atoms with Crippen LogP contribution in [-0.2, 0) is 17.1 Å². The zero-order valence-electron chi connectivity index (χ0n) is 18.3. The third-order valence-electron chi connectivity index (χ3n) is 4.93. The van der Waals surface area contributed by atoms with Crippen molar-refractivity contribution in [1.29, 1.82) is 0 Å². The minimum absolute atomic E-state index is 0. The van der Waals surface area contributed by atoms with E-state index in [1.165, 1.54) is 22.3 Å². The molecule has 3 aromatic rings. The quantitative estimate of drug-likeness (QED) is 0.304. The van der Waals surface area contributed by atoms with Crippen LogP contribution in [0.4, 0.5) is 11.4 Å². The van der Waals surface area contributed by atoms with Crippen LogP contribution in [-0.4, -0.2) is 16.4 Å². The first-order valence-electron chi connectivity index (χ1n) is 9.57. The minimum Gasteiger partial charge on any atom is -0.251 e. The van der Waals surface area contributed by atoms with Crippen molar-refractivity contribution in [3.05, 3.63) is 88.2 Å². The van der Waals surface area contributed by atoms with Gasteiger partial charge in [-0.3, -0.25) is 9.98 Å². The van der Waals surface area contributed by atoms with Crippen molar-refractivity contribution in [2.45, 2.75) is 41.5 Å². The van der Waals surface area contributed by atoms with E-state index >= 15 is 0 Å². The van der Waals surface area contributed by atoms with Crippen LogP contribution in [0.5, 0.6) is 0 Å². The maximum atomic E-state index is 4.86. The van der Waals surface area contributed by atoms with Gasteiger partial charge in [-0.2, -0.15) is 0 Å². The van der Waals surface area contributed by atoms with Crippen molar-refractivity contribution in [3.8, 4) is 0 Å². The number of pyridine rings is 1. The number of para-hydroxylation sites is 2. The zero-order chi connectivity index (χ0) is 20.3. The molecule has 5 heteroatoms. The second-order valence-electron chi connectivity index (χ2n) is 7.28. The molecule has 0 amide bonds. The maximum Gasteiger partial charge on any atom is 0.0849 e. The summed E-state index contributed by atoms with van der Waals surface area (Å²) in [5.74, 6) is 0. The van der Waals surface area contributed by atoms with Crippen LogP contribution in [0.1, 0.15) is 47.5 Å². The molecule has 0 atom stereocenters. The van der Waals surface area contributed by atoms with E-state index < -0.39 is 0 Å². The molecule has 1 heterocycles. The van der Waals surface area contributed by atoms with Crippen molar-refractivity contribution in [2.24, 2.45) is 9.98 Å². The standard InChI is InChI=1S/C25H27N3.ClH.Fe/c1-16-10-7-11-17(2)24(16)26-20(5)22-14-9-15-23(28-22)21(6)27-25-18(3)12-8-13-19(25)4;;/h7-15H,1-6H3;1H;/b26-20+,27-21+;;. The Bertz CT molecular complexity index is 964. The number of rotatable bonds is 4. The van der Waals surface area contributed by atoms with Crippen LogP contribution in [0, 0.1) is 27.7 Å². The fourth-order valence-corrected chi connectivity index (χ4v) is 3.25. The Morgan fingerprint density at radius 2 is 0.900 bits per heavy atom. The Hall–Kier alpha value is -2.26. The van der Waals surface area contributed by atoms with Crippen LogP contribution < -0.4 is 0 Å². The van der Waals surface area contributed by atoms with Crippen LogP contribution in [0.2, 0.25) is 0 Å². The molecular weight excluding hydrogens is 434 g/mol. The van der Waals surface area contributed by atoms with Crippen molar-refractivity contribution >= 4 is 35.2 Å². The van der Waals surface area contributed by atoms with Gasteiger partial charge < -0.3 is 0 Å². The molecule has 1 aromatic heterocycles. The molecule has 0 saturated heterocycles. The molecule has 3 nitrogen and oxygen atoms in total. The molecule has 3 rings (SSSR count). The molecule has 0 N–H and O–H groups in total. The molecule has 2 aromatic carbocycles. The van der Waals surface area contributed by atoms with Gasteiger partial charge in [-0.15, -0.1) is 12.4 Å². The fraction of sp³-hybridized carbons (Fsp3) is 0.240. The van der Waals surface area contributed by atoms with Gasteiger partial charge in [-0.1, -0.05) is 42.5 Å². The first-order valence-corrected chi connectivity index (χ1v) is 9.57. The van der Waals surface area contributed by atoms with Crippen molar-refractivity contribution < 1.29 is 17.1 Å². The number of aryl methyl sites for hydroxylation is 4. The van der Waals surface area contributed by atoms with E-state index in [4.69, 9.17) is 15.0 Å². The number of benzene rings is 2. The first-order chi connectivity index (χ1) is 13.4. The molecule has 0 fully saturated rings. The van der Waals surface area contributed by atoms with E-state index in [-0.39, 0.29) is 29.5 Å². The molecule has 0 spiro atoms. The predicted octanol–water partition coefficient (Wildman–Crippen LogP) is 7.02. The van der Waals surface area contributed by atoms with E-state index in [1.807, 2.05) is 32.0 Å². The van der Waals surface area contributed by atoms with Crippen LogP contribution >= 0.6 is 12.4 Å². The smallest absolute Gasteiger partial charge is 0.0849 e. The van der Waals surface area contributed by atoms with Gasteiger partial charge in [0.05, 0.1) is 34.2 Å². The summed E-state index contributed by atoms with van der Waals surface area (Å²) >= 11 is 0. The minimum atomic E-state index is 0. The summed E-state index contributed by atoms with van der Waals surface area (Å²) in [7, 11) is 0. The predicted molar refractivity (Wildman–Crippen MR) is 127 cm³/mol. The molecule has 0 aliphatic carbocycles. The second kappa shape index (κ2) is 11.2. The number of hydrogen-bond acceptors (Lipinski definition) is 3. The van der Waals surface area contributed by atoms with Gasteiger partial charge in [0.15, 0.2) is 0 Å². The third-order valence-corrected chi connectivity index (χ3v) is 4.93. The first kappa shape index (κ1) is 25.8. The van der Waals surface area contributed by atoms with Crippen molar-refractivity contribution in [2.75, 3.05) is 0 Å². The number of aliphatic imine (C=N–C) groups is 2. The summed E-state index contributed by atoms with van der Waals surface area (Å²) in [5.41, 5.74) is 10.3. The zero-order valence-corrected chi connectivity index (χ0v) is 20.2. The van der Waals surface area contributed by atoms with E-state index in [2.05, 4.69) is 64.1 Å². The van der Waals surface area contributed by atoms with Gasteiger partial charge in [0.25, 0.3) is 0 Å². The monoisotopic (exact) mass is 461 g/mol. The molecule has 0 aliphatic heterocycles. The van der Waals surface area contributed by atoms with E-state index in [0.29, 0.717) is 0 Å². The Balaban J connectivity index is 0.00000225. The topological polar surface area (TPSA) is 37.6 Å². The van der Waals surface area contributed by atoms with Crippen molar-refractivity contribution in [3.63, 3.8) is 0 Å². The van der Waals surface area contributed by atoms with Gasteiger partial charge in [-0.25, -0.2) is 4.98 Å². The average molecular weight is 462 g/mol. The number of nitrogens with zero attached hydrogens (tertiary/aromatic N) is 3. The van der Waals surface area contributed by atoms with Gasteiger partial charge in [0.2, 0.25) is 0 Å². The number of halogens is 1. The Kier molecular flexibility index (Phi) is 9.64. The molecule has 0 bridgehead atoms. The van der Waals surface area contributed by atoms with Crippen molar-refractivity contribution in [1.82, 2.24) is 4.98 Å². The summed E-state index contributed by atoms with van der Waals surface area (Å²) in [5, 5.41) is 0. The van der Waals surface area contributed by atoms with Gasteiger partial charge >= 0.3 is 0 Å². The average Bonchev–Trinajstić information content (AvgIpc) is 2.67. The number of aromatic nitrogens is 1. The molecule has 0 radical (unpaired) electrons. The van der Waals surface area contributed by atoms with Gasteiger partial charge in [0, 0.05) is 17.1 Å². The normalized spacial score (nSPS) is 11.5. The molecule has 0 aliphatic rings. The maximum absolute atomic E-state index is 4.86. The summed E-state index contributed by atoms with van der Waals surface area (Å²) in [6.07, 6.45) is 0. The summed E-state index contributed by atoms with van der Waals surface area (Å²) in [6, 6.07) is 18.5. The third kappa shape index (κ3) is 5.88. The Labute approximate surface area is 196 Å². The largest absolute Gasteiger partial charge is 0.251 e. The second-order valence-corrected chi connectivity index (χ2v) is 7.28. The van der Waals surface area contributed by atoms with E-state index in [1.54, 1.807) is 0 Å². The van der Waals surface area contributed by atoms with Crippen LogP contribution in [0.3, 0.4) is 0 Å². The van der Waals surface area contributed by atoms with E-state index in [9.17, 15) is 0 Å². The number of hydrogen-bond donors (Lipinski definition) is 0. The molecular formula is C25H28ClFeN3. The Morgan fingerprint density at radius 1 is 0.600 bits per heavy atom. The van der Waals surface area contributed by atoms with Gasteiger partial charge in [-0.05, 0) is 75.9 Å². The Morgan fingerprint density at radius 3 is 1.23 bits per heavy atom. The summed E-state index contributed by atoms with van der Waals surface area (Å²) in [4.78, 5) is 14.5. The van der Waals surface area contributed by atoms with Gasteiger partial charge in [0.1, 0.15) is 0 Å². The molecule has 0 unspecified atom stereocenters. The molecule has 30 heavy (non-hydrogen) atoms. The molecule has 0 saturated carbocycles. The SMILES string of the molecule is C/C(=N\c1c(C)cccc1C)c1cccc(/C(C)=N/c2c(C)cccc2C)n1.Cl.[Fe].